The highest BCUT2D eigenvalue weighted by molar-refractivity contribution is 6.08. The van der Waals surface area contributed by atoms with Crippen molar-refractivity contribution < 1.29 is 28.7 Å². The number of nitrogens with one attached hydrogen (secondary N) is 3. The van der Waals surface area contributed by atoms with Crippen LogP contribution in [0.5, 0.6) is 0 Å². The van der Waals surface area contributed by atoms with Crippen molar-refractivity contribution >= 4 is 29.8 Å². The number of nitrogens with zero attached hydrogens (tertiary/aromatic N) is 1. The van der Waals surface area contributed by atoms with Gasteiger partial charge in [-0.1, -0.05) is 19.3 Å². The Hall–Kier alpha value is -2.65. The topological polar surface area (TPSA) is 134 Å². The second-order valence-corrected chi connectivity index (χ2v) is 7.33. The average molecular weight is 380 g/mol. The highest BCUT2D eigenvalue weighted by atomic mass is 16.5. The summed E-state index contributed by atoms with van der Waals surface area (Å²) in [6.07, 6.45) is 4.31. The zero-order valence-corrected chi connectivity index (χ0v) is 15.2. The van der Waals surface area contributed by atoms with E-state index < -0.39 is 48.0 Å². The molecule has 3 N–H and O–H groups in total. The molecular formula is C17H24N4O6. The molecule has 0 aromatic heterocycles. The number of carbonyl (C=O) groups is 5. The van der Waals surface area contributed by atoms with Gasteiger partial charge in [0.25, 0.3) is 11.8 Å². The lowest BCUT2D eigenvalue weighted by atomic mass is 9.82. The largest absolute Gasteiger partial charge is 0.451 e. The van der Waals surface area contributed by atoms with Crippen molar-refractivity contribution in [3.8, 4) is 0 Å². The number of hydrogen-bond donors (Lipinski definition) is 3. The van der Waals surface area contributed by atoms with Crippen molar-refractivity contribution in [2.24, 2.45) is 0 Å². The molecule has 3 fully saturated rings. The normalized spacial score (nSPS) is 22.2. The molecule has 27 heavy (non-hydrogen) atoms. The minimum absolute atomic E-state index is 0.0856. The smallest absolute Gasteiger partial charge is 0.327 e. The first-order chi connectivity index (χ1) is 12.8. The predicted molar refractivity (Wildman–Crippen MR) is 91.3 cm³/mol. The third-order valence-electron chi connectivity index (χ3n) is 5.07. The molecule has 1 aliphatic heterocycles. The fraction of sp³-hybridized carbons (Fsp3) is 0.706. The van der Waals surface area contributed by atoms with Gasteiger partial charge in [-0.05, 0) is 32.6 Å². The number of urea groups is 2. The van der Waals surface area contributed by atoms with Crippen LogP contribution in [0.3, 0.4) is 0 Å². The maximum Gasteiger partial charge on any atom is 0.327 e. The van der Waals surface area contributed by atoms with Crippen LogP contribution in [-0.4, -0.2) is 59.0 Å². The predicted octanol–water partition coefficient (Wildman–Crippen LogP) is 0.161. The minimum atomic E-state index is -1.23. The lowest BCUT2D eigenvalue weighted by molar-refractivity contribution is -0.156. The SMILES string of the molecule is CC(OC(=O)CN1C(=O)NC2(CCCCC2)C1=O)C(=O)NC(=O)NC1CC1. The number of amides is 6. The van der Waals surface area contributed by atoms with E-state index in [1.807, 2.05) is 0 Å². The standard InChI is InChI=1S/C17H24N4O6/c1-10(13(23)19-15(25)18-11-5-6-11)27-12(22)9-21-14(24)17(20-16(21)26)7-3-2-4-8-17/h10-11H,2-9H2,1H3,(H,20,26)(H2,18,19,23,25). The van der Waals surface area contributed by atoms with Crippen molar-refractivity contribution in [3.05, 3.63) is 0 Å². The van der Waals surface area contributed by atoms with E-state index in [0.29, 0.717) is 12.8 Å². The highest BCUT2D eigenvalue weighted by Gasteiger charge is 2.51. The zero-order valence-electron chi connectivity index (χ0n) is 15.2. The average Bonchev–Trinajstić information content (AvgIpc) is 3.39. The summed E-state index contributed by atoms with van der Waals surface area (Å²) in [5, 5.41) is 7.37. The number of hydrogen-bond acceptors (Lipinski definition) is 6. The van der Waals surface area contributed by atoms with Gasteiger partial charge in [0.15, 0.2) is 6.10 Å². The van der Waals surface area contributed by atoms with E-state index in [0.717, 1.165) is 37.0 Å². The molecule has 6 amide bonds. The van der Waals surface area contributed by atoms with Crippen LogP contribution in [0.2, 0.25) is 0 Å². The van der Waals surface area contributed by atoms with Gasteiger partial charge in [0.2, 0.25) is 0 Å². The maximum atomic E-state index is 12.6. The molecule has 1 atom stereocenters. The van der Waals surface area contributed by atoms with E-state index in [-0.39, 0.29) is 6.04 Å². The third kappa shape index (κ3) is 4.37. The summed E-state index contributed by atoms with van der Waals surface area (Å²) in [4.78, 5) is 61.1. The number of ether oxygens (including phenoxy) is 1. The Bertz CT molecular complexity index is 668. The van der Waals surface area contributed by atoms with E-state index in [4.69, 9.17) is 4.74 Å². The molecule has 0 aromatic rings. The van der Waals surface area contributed by atoms with Crippen LogP contribution < -0.4 is 16.0 Å². The zero-order chi connectivity index (χ0) is 19.6. The van der Waals surface area contributed by atoms with Gasteiger partial charge >= 0.3 is 18.0 Å². The Kier molecular flexibility index (Phi) is 5.33. The summed E-state index contributed by atoms with van der Waals surface area (Å²) in [7, 11) is 0. The molecule has 148 valence electrons. The second kappa shape index (κ2) is 7.53. The molecule has 10 nitrogen and oxygen atoms in total. The quantitative estimate of drug-likeness (QED) is 0.459. The maximum absolute atomic E-state index is 12.6. The fourth-order valence-electron chi connectivity index (χ4n) is 3.39. The summed E-state index contributed by atoms with van der Waals surface area (Å²) in [6, 6.07) is -1.18. The van der Waals surface area contributed by atoms with Crippen LogP contribution in [0, 0.1) is 0 Å². The van der Waals surface area contributed by atoms with Crippen molar-refractivity contribution in [3.63, 3.8) is 0 Å². The van der Waals surface area contributed by atoms with Gasteiger partial charge in [0, 0.05) is 6.04 Å². The molecule has 0 aromatic carbocycles. The number of rotatable bonds is 5. The molecule has 0 radical (unpaired) electrons. The second-order valence-electron chi connectivity index (χ2n) is 7.33. The molecule has 0 bridgehead atoms. The highest BCUT2D eigenvalue weighted by Crippen LogP contribution is 2.33. The molecule has 3 aliphatic rings. The van der Waals surface area contributed by atoms with Crippen LogP contribution in [0.15, 0.2) is 0 Å². The molecule has 1 heterocycles. The van der Waals surface area contributed by atoms with Crippen LogP contribution in [0.4, 0.5) is 9.59 Å². The summed E-state index contributed by atoms with van der Waals surface area (Å²) in [6.45, 7) is 0.741. The molecule has 2 aliphatic carbocycles. The molecule has 2 saturated carbocycles. The molecule has 1 unspecified atom stereocenters. The summed E-state index contributed by atoms with van der Waals surface area (Å²) >= 11 is 0. The Labute approximate surface area is 156 Å². The summed E-state index contributed by atoms with van der Waals surface area (Å²) in [5.74, 6) is -2.09. The van der Waals surface area contributed by atoms with E-state index in [1.165, 1.54) is 6.92 Å². The van der Waals surface area contributed by atoms with Gasteiger partial charge in [0.05, 0.1) is 0 Å². The van der Waals surface area contributed by atoms with Crippen molar-refractivity contribution in [1.82, 2.24) is 20.9 Å². The Morgan fingerprint density at radius 2 is 1.89 bits per heavy atom. The van der Waals surface area contributed by atoms with Gasteiger partial charge < -0.3 is 15.4 Å². The Morgan fingerprint density at radius 3 is 2.52 bits per heavy atom. The van der Waals surface area contributed by atoms with E-state index in [1.54, 1.807) is 0 Å². The molecule has 3 rings (SSSR count). The first-order valence-corrected chi connectivity index (χ1v) is 9.26. The van der Waals surface area contributed by atoms with E-state index in [2.05, 4.69) is 16.0 Å². The van der Waals surface area contributed by atoms with E-state index >= 15 is 0 Å². The first-order valence-electron chi connectivity index (χ1n) is 9.26. The minimum Gasteiger partial charge on any atom is -0.451 e. The first kappa shape index (κ1) is 19.1. The van der Waals surface area contributed by atoms with Gasteiger partial charge in [-0.15, -0.1) is 0 Å². The van der Waals surface area contributed by atoms with Gasteiger partial charge in [-0.25, -0.2) is 9.59 Å². The van der Waals surface area contributed by atoms with Gasteiger partial charge in [0.1, 0.15) is 12.1 Å². The van der Waals surface area contributed by atoms with Crippen LogP contribution >= 0.6 is 0 Å². The van der Waals surface area contributed by atoms with Gasteiger partial charge in [-0.2, -0.15) is 0 Å². The summed E-state index contributed by atoms with van der Waals surface area (Å²) < 4.78 is 4.96. The lowest BCUT2D eigenvalue weighted by Gasteiger charge is -2.30. The monoisotopic (exact) mass is 380 g/mol. The van der Waals surface area contributed by atoms with Crippen molar-refractivity contribution in [1.29, 1.82) is 0 Å². The van der Waals surface area contributed by atoms with Crippen LogP contribution in [0.25, 0.3) is 0 Å². The molecule has 1 spiro atoms. The van der Waals surface area contributed by atoms with Crippen LogP contribution in [0.1, 0.15) is 51.9 Å². The molecular weight excluding hydrogens is 356 g/mol. The van der Waals surface area contributed by atoms with Crippen molar-refractivity contribution in [2.45, 2.75) is 69.6 Å². The lowest BCUT2D eigenvalue weighted by Crippen LogP contribution is -2.49. The Morgan fingerprint density at radius 1 is 1.22 bits per heavy atom. The van der Waals surface area contributed by atoms with Gasteiger partial charge in [-0.3, -0.25) is 24.6 Å². The fourth-order valence-corrected chi connectivity index (χ4v) is 3.39. The Balaban J connectivity index is 1.49. The van der Waals surface area contributed by atoms with Crippen molar-refractivity contribution in [2.75, 3.05) is 6.54 Å². The summed E-state index contributed by atoms with van der Waals surface area (Å²) in [5.41, 5.74) is -0.917. The number of carbonyl (C=O) groups excluding carboxylic acids is 5. The molecule has 10 heteroatoms. The number of imide groups is 2. The number of esters is 1. The third-order valence-corrected chi connectivity index (χ3v) is 5.07. The molecule has 1 saturated heterocycles. The van der Waals surface area contributed by atoms with E-state index in [9.17, 15) is 24.0 Å². The van der Waals surface area contributed by atoms with Crippen LogP contribution in [-0.2, 0) is 19.1 Å².